The summed E-state index contributed by atoms with van der Waals surface area (Å²) in [5, 5.41) is 1.35. The van der Waals surface area contributed by atoms with Gasteiger partial charge in [0.15, 0.2) is 0 Å². The van der Waals surface area contributed by atoms with Gasteiger partial charge in [-0.1, -0.05) is 23.3 Å². The van der Waals surface area contributed by atoms with Crippen molar-refractivity contribution < 1.29 is 22.7 Å². The maximum Gasteiger partial charge on any atom is 0.266 e. The Morgan fingerprint density at radius 1 is 1.24 bits per heavy atom. The highest BCUT2D eigenvalue weighted by atomic mass is 19.3. The summed E-state index contributed by atoms with van der Waals surface area (Å²) in [5.41, 5.74) is -1.81. The highest BCUT2D eigenvalue weighted by Gasteiger charge is 2.45. The Morgan fingerprint density at radius 2 is 1.92 bits per heavy atom. The third-order valence-electron chi connectivity index (χ3n) is 6.89. The first-order valence-electron chi connectivity index (χ1n) is 11.7. The molecule has 3 aromatic rings. The van der Waals surface area contributed by atoms with E-state index in [1.165, 1.54) is 42.1 Å². The molecule has 0 spiro atoms. The molecule has 14 heteroatoms. The summed E-state index contributed by atoms with van der Waals surface area (Å²) in [5.74, 6) is -1.48. The van der Waals surface area contributed by atoms with Gasteiger partial charge in [-0.15, -0.1) is 0 Å². The monoisotopic (exact) mass is 519 g/mol. The number of hydrogen-bond acceptors (Lipinski definition) is 6. The van der Waals surface area contributed by atoms with Crippen LogP contribution in [-0.4, -0.2) is 69.1 Å². The van der Waals surface area contributed by atoms with E-state index in [4.69, 9.17) is 28.3 Å². The van der Waals surface area contributed by atoms with Gasteiger partial charge in [0.05, 0.1) is 52.6 Å². The number of likely N-dealkylation sites (tertiary alicyclic amines) is 1. The topological polar surface area (TPSA) is 89.3 Å². The number of benzene rings is 1. The minimum atomic E-state index is -2.97. The van der Waals surface area contributed by atoms with E-state index < -0.39 is 46.0 Å². The number of halogens is 3. The summed E-state index contributed by atoms with van der Waals surface area (Å²) < 4.78 is 48.3. The highest BCUT2D eigenvalue weighted by molar-refractivity contribution is 6.68. The molecule has 1 aliphatic rings. The average Bonchev–Trinajstić information content (AvgIpc) is 3.30. The zero-order valence-electron chi connectivity index (χ0n) is 21.0. The van der Waals surface area contributed by atoms with Crippen LogP contribution in [-0.2, 0) is 22.2 Å². The number of hydrogen-bond donors (Lipinski definition) is 1. The van der Waals surface area contributed by atoms with Crippen molar-refractivity contribution in [2.75, 3.05) is 25.5 Å². The van der Waals surface area contributed by atoms with E-state index in [0.717, 1.165) is 6.07 Å². The molecule has 8 nitrogen and oxygen atoms in total. The van der Waals surface area contributed by atoms with Crippen LogP contribution in [0.1, 0.15) is 42.5 Å². The van der Waals surface area contributed by atoms with Gasteiger partial charge in [-0.2, -0.15) is 0 Å². The van der Waals surface area contributed by atoms with Crippen LogP contribution in [0.5, 0.6) is 0 Å². The van der Waals surface area contributed by atoms with E-state index in [1.54, 1.807) is 13.0 Å². The molecule has 38 heavy (non-hydrogen) atoms. The van der Waals surface area contributed by atoms with Crippen molar-refractivity contribution in [3.8, 4) is 0 Å². The van der Waals surface area contributed by atoms with Gasteiger partial charge in [-0.25, -0.2) is 23.1 Å². The van der Waals surface area contributed by atoms with Crippen molar-refractivity contribution in [3.63, 3.8) is 0 Å². The van der Waals surface area contributed by atoms with E-state index in [0.29, 0.717) is 5.39 Å². The number of methoxy groups -OCH3 is 1. The number of aryl methyl sites for hydroxylation is 1. The molecule has 1 aliphatic heterocycles. The molecule has 1 saturated heterocycles. The number of ether oxygens (including phenoxy) is 1. The van der Waals surface area contributed by atoms with Crippen LogP contribution < -0.4 is 10.9 Å². The second kappa shape index (κ2) is 10.1. The molecule has 3 heterocycles. The number of carbonyl (C=O) groups is 1. The van der Waals surface area contributed by atoms with Gasteiger partial charge in [0.25, 0.3) is 12.0 Å². The lowest BCUT2D eigenvalue weighted by atomic mass is 9.42. The summed E-state index contributed by atoms with van der Waals surface area (Å²) in [6, 6.07) is 4.57. The number of nitrogens with one attached hydrogen (secondary N) is 1. The molecule has 6 radical (unpaired) electrons. The van der Waals surface area contributed by atoms with Gasteiger partial charge >= 0.3 is 0 Å². The minimum Gasteiger partial charge on any atom is -0.371 e. The van der Waals surface area contributed by atoms with Crippen molar-refractivity contribution in [2.24, 2.45) is 7.05 Å². The van der Waals surface area contributed by atoms with Gasteiger partial charge in [-0.3, -0.25) is 14.2 Å². The molecule has 1 amide bonds. The van der Waals surface area contributed by atoms with E-state index in [9.17, 15) is 22.8 Å². The molecule has 0 unspecified atom stereocenters. The Bertz CT molecular complexity index is 1450. The first-order valence-corrected chi connectivity index (χ1v) is 11.7. The van der Waals surface area contributed by atoms with Gasteiger partial charge in [-0.05, 0) is 13.0 Å². The number of fused-ring (bicyclic) bond motifs is 1. The normalized spacial score (nSPS) is 18.8. The summed E-state index contributed by atoms with van der Waals surface area (Å²) in [4.78, 5) is 35.8. The van der Waals surface area contributed by atoms with E-state index in [-0.39, 0.29) is 42.1 Å². The van der Waals surface area contributed by atoms with Crippen LogP contribution in [0.15, 0.2) is 35.4 Å². The molecule has 4 rings (SSSR count). The number of nitrogens with zero attached hydrogens (tertiary/aromatic N) is 4. The van der Waals surface area contributed by atoms with E-state index in [1.807, 2.05) is 0 Å². The number of anilines is 1. The molecule has 0 saturated carbocycles. The Morgan fingerprint density at radius 3 is 2.55 bits per heavy atom. The molecule has 2 aromatic heterocycles. The molecular weight excluding hydrogens is 496 g/mol. The maximum atomic E-state index is 14.8. The van der Waals surface area contributed by atoms with Crippen LogP contribution >= 0.6 is 0 Å². The molecule has 2 atom stereocenters. The van der Waals surface area contributed by atoms with Crippen molar-refractivity contribution in [1.82, 2.24) is 19.4 Å². The van der Waals surface area contributed by atoms with Crippen LogP contribution in [0.3, 0.4) is 0 Å². The molecule has 1 aromatic carbocycles. The van der Waals surface area contributed by atoms with Crippen molar-refractivity contribution in [2.45, 2.75) is 36.5 Å². The number of carbonyl (C=O) groups excluding carboxylic acids is 1. The van der Waals surface area contributed by atoms with Crippen LogP contribution in [0.2, 0.25) is 5.11 Å². The van der Waals surface area contributed by atoms with Gasteiger partial charge in [0.1, 0.15) is 29.2 Å². The van der Waals surface area contributed by atoms with E-state index in [2.05, 4.69) is 15.3 Å². The fourth-order valence-corrected chi connectivity index (χ4v) is 4.79. The van der Waals surface area contributed by atoms with Crippen LogP contribution in [0.25, 0.3) is 11.0 Å². The maximum absolute atomic E-state index is 14.8. The van der Waals surface area contributed by atoms with E-state index >= 15 is 0 Å². The minimum absolute atomic E-state index is 0.0201. The predicted octanol–water partition coefficient (Wildman–Crippen LogP) is 2.23. The second-order valence-electron chi connectivity index (χ2n) is 9.41. The molecule has 0 bridgehead atoms. The Kier molecular flexibility index (Phi) is 7.39. The van der Waals surface area contributed by atoms with Crippen LogP contribution in [0, 0.1) is 5.82 Å². The fourth-order valence-electron chi connectivity index (χ4n) is 4.79. The zero-order valence-corrected chi connectivity index (χ0v) is 21.0. The van der Waals surface area contributed by atoms with Gasteiger partial charge < -0.3 is 15.0 Å². The quantitative estimate of drug-likeness (QED) is 0.483. The predicted molar refractivity (Wildman–Crippen MR) is 138 cm³/mol. The smallest absolute Gasteiger partial charge is 0.266 e. The largest absolute Gasteiger partial charge is 0.371 e. The number of amides is 1. The summed E-state index contributed by atoms with van der Waals surface area (Å²) in [7, 11) is 19.6. The van der Waals surface area contributed by atoms with Crippen molar-refractivity contribution in [1.29, 1.82) is 0 Å². The fraction of sp³-hybridized carbons (Fsp3) is 0.417. The number of alkyl halides is 2. The van der Waals surface area contributed by atoms with Crippen LogP contribution in [0.4, 0.5) is 19.0 Å². The number of pyridine rings is 1. The van der Waals surface area contributed by atoms with Gasteiger partial charge in [0.2, 0.25) is 5.91 Å². The number of aromatic nitrogens is 3. The second-order valence-corrected chi connectivity index (χ2v) is 9.41. The Hall–Kier alpha value is -3.28. The third-order valence-corrected chi connectivity index (χ3v) is 6.89. The third kappa shape index (κ3) is 4.81. The lowest BCUT2D eigenvalue weighted by Crippen LogP contribution is -2.44. The zero-order chi connectivity index (χ0) is 28.0. The molecule has 1 fully saturated rings. The first-order chi connectivity index (χ1) is 17.8. The first kappa shape index (κ1) is 27.8. The molecular formula is C24H23B3F3N5O3. The van der Waals surface area contributed by atoms with Crippen molar-refractivity contribution in [3.05, 3.63) is 63.5 Å². The Balaban J connectivity index is 1.78. The van der Waals surface area contributed by atoms with Gasteiger partial charge in [0, 0.05) is 32.7 Å². The van der Waals surface area contributed by atoms with Crippen molar-refractivity contribution >= 4 is 46.3 Å². The standard InChI is InChI=1S/C24H23B3F3N5O3/c1-12(13-5-4-6-14(17(13)28)18(29)30)33-19-15-9-16(21(36)34(2)20(15)32-11-31-19)23(38-3)7-8-35(10-23)22(37)24(25,26)27/h4-6,9,11-12,18H,7-8,10H2,1-3H3,(H,31,32,33)/t12-,23-/m1/s1. The summed E-state index contributed by atoms with van der Waals surface area (Å²) >= 11 is 0. The average molecular weight is 519 g/mol. The molecule has 1 N–H and O–H groups in total. The Labute approximate surface area is 221 Å². The highest BCUT2D eigenvalue weighted by Crippen LogP contribution is 2.37. The molecule has 0 aliphatic carbocycles. The lowest BCUT2D eigenvalue weighted by molar-refractivity contribution is -0.130. The molecule has 192 valence electrons. The SMILES string of the molecule is [B]C([B])([B])C(=O)N1CC[C@](OC)(c2cc3c(N[C@H](C)c4cccc(C(F)F)c4F)ncnc3n(C)c2=O)C1. The number of rotatable bonds is 7. The summed E-state index contributed by atoms with van der Waals surface area (Å²) in [6.07, 6.45) is -1.48. The lowest BCUT2D eigenvalue weighted by Gasteiger charge is -2.31. The summed E-state index contributed by atoms with van der Waals surface area (Å²) in [6.45, 7) is 1.75.